The summed E-state index contributed by atoms with van der Waals surface area (Å²) in [5.41, 5.74) is 2.61. The minimum Gasteiger partial charge on any atom is -0.380 e. The van der Waals surface area contributed by atoms with E-state index in [1.165, 1.54) is 24.2 Å². The van der Waals surface area contributed by atoms with Crippen LogP contribution in [0.5, 0.6) is 0 Å². The lowest BCUT2D eigenvalue weighted by Crippen LogP contribution is -2.45. The van der Waals surface area contributed by atoms with Crippen LogP contribution in [0, 0.1) is 0 Å². The molecule has 1 aromatic rings. The van der Waals surface area contributed by atoms with Crippen molar-refractivity contribution in [3.63, 3.8) is 0 Å². The molecule has 0 amide bonds. The molecule has 0 bridgehead atoms. The van der Waals surface area contributed by atoms with Crippen molar-refractivity contribution < 1.29 is 4.74 Å². The van der Waals surface area contributed by atoms with Crippen LogP contribution in [0.25, 0.3) is 0 Å². The lowest BCUT2D eigenvalue weighted by molar-refractivity contribution is 0.184. The summed E-state index contributed by atoms with van der Waals surface area (Å²) < 4.78 is 5.19. The number of rotatable bonds is 7. The first-order valence-electron chi connectivity index (χ1n) is 7.46. The zero-order valence-corrected chi connectivity index (χ0v) is 12.8. The van der Waals surface area contributed by atoms with Crippen molar-refractivity contribution in [1.82, 2.24) is 15.1 Å². The molecule has 0 spiro atoms. The summed E-state index contributed by atoms with van der Waals surface area (Å²) in [7, 11) is 3.94. The van der Waals surface area contributed by atoms with Crippen LogP contribution in [-0.2, 0) is 17.9 Å². The maximum atomic E-state index is 5.19. The number of piperazine rings is 1. The molecular weight excluding hydrogens is 250 g/mol. The summed E-state index contributed by atoms with van der Waals surface area (Å²) >= 11 is 0. The van der Waals surface area contributed by atoms with Gasteiger partial charge in [-0.1, -0.05) is 24.3 Å². The minimum absolute atomic E-state index is 0.693. The molecule has 2 rings (SSSR count). The van der Waals surface area contributed by atoms with Gasteiger partial charge in [-0.05, 0) is 18.2 Å². The van der Waals surface area contributed by atoms with E-state index in [4.69, 9.17) is 4.74 Å². The van der Waals surface area contributed by atoms with Gasteiger partial charge in [-0.2, -0.15) is 0 Å². The normalized spacial score (nSPS) is 16.8. The summed E-state index contributed by atoms with van der Waals surface area (Å²) in [5, 5.41) is 3.39. The maximum Gasteiger partial charge on any atom is 0.0713 e. The fourth-order valence-electron chi connectivity index (χ4n) is 2.62. The number of likely N-dealkylation sites (N-methyl/N-ethyl adjacent to an activating group) is 1. The first kappa shape index (κ1) is 15.4. The Kier molecular flexibility index (Phi) is 6.47. The molecule has 0 radical (unpaired) electrons. The topological polar surface area (TPSA) is 27.7 Å². The summed E-state index contributed by atoms with van der Waals surface area (Å²) in [6.45, 7) is 8.59. The third-order valence-corrected chi connectivity index (χ3v) is 3.76. The van der Waals surface area contributed by atoms with E-state index in [2.05, 4.69) is 46.4 Å². The molecule has 1 saturated heterocycles. The Hall–Kier alpha value is -0.940. The smallest absolute Gasteiger partial charge is 0.0713 e. The SMILES string of the molecule is COCc1cccc(CN(C)CCN2CCNCC2)c1. The molecular formula is C16H27N3O. The summed E-state index contributed by atoms with van der Waals surface area (Å²) in [6.07, 6.45) is 0. The average molecular weight is 277 g/mol. The summed E-state index contributed by atoms with van der Waals surface area (Å²) in [4.78, 5) is 4.93. The predicted octanol–water partition coefficient (Wildman–Crippen LogP) is 1.17. The van der Waals surface area contributed by atoms with E-state index < -0.39 is 0 Å². The number of nitrogens with zero attached hydrogens (tertiary/aromatic N) is 2. The van der Waals surface area contributed by atoms with Gasteiger partial charge in [-0.3, -0.25) is 4.90 Å². The van der Waals surface area contributed by atoms with Gasteiger partial charge in [0.25, 0.3) is 0 Å². The fraction of sp³-hybridized carbons (Fsp3) is 0.625. The predicted molar refractivity (Wildman–Crippen MR) is 82.8 cm³/mol. The van der Waals surface area contributed by atoms with Gasteiger partial charge >= 0.3 is 0 Å². The van der Waals surface area contributed by atoms with Gasteiger partial charge < -0.3 is 15.0 Å². The molecule has 0 saturated carbocycles. The Morgan fingerprint density at radius 3 is 2.75 bits per heavy atom. The largest absolute Gasteiger partial charge is 0.380 e. The summed E-state index contributed by atoms with van der Waals surface area (Å²) in [5.74, 6) is 0. The van der Waals surface area contributed by atoms with Crippen LogP contribution in [0.2, 0.25) is 0 Å². The number of nitrogens with one attached hydrogen (secondary N) is 1. The highest BCUT2D eigenvalue weighted by molar-refractivity contribution is 5.22. The van der Waals surface area contributed by atoms with Crippen LogP contribution in [0.3, 0.4) is 0 Å². The van der Waals surface area contributed by atoms with Crippen molar-refractivity contribution in [2.75, 3.05) is 53.4 Å². The Morgan fingerprint density at radius 2 is 2.00 bits per heavy atom. The van der Waals surface area contributed by atoms with Crippen LogP contribution >= 0.6 is 0 Å². The molecule has 1 fully saturated rings. The number of benzene rings is 1. The van der Waals surface area contributed by atoms with E-state index >= 15 is 0 Å². The molecule has 1 aliphatic rings. The molecule has 1 aliphatic heterocycles. The highest BCUT2D eigenvalue weighted by Crippen LogP contribution is 2.08. The third-order valence-electron chi connectivity index (χ3n) is 3.76. The van der Waals surface area contributed by atoms with Crippen LogP contribution < -0.4 is 5.32 Å². The van der Waals surface area contributed by atoms with Crippen molar-refractivity contribution in [3.05, 3.63) is 35.4 Å². The number of methoxy groups -OCH3 is 1. The van der Waals surface area contributed by atoms with Crippen LogP contribution in [-0.4, -0.2) is 63.2 Å². The fourth-order valence-corrected chi connectivity index (χ4v) is 2.62. The molecule has 1 aromatic carbocycles. The van der Waals surface area contributed by atoms with Crippen molar-refractivity contribution >= 4 is 0 Å². The number of hydrogen-bond acceptors (Lipinski definition) is 4. The first-order chi connectivity index (χ1) is 9.78. The zero-order chi connectivity index (χ0) is 14.2. The standard InChI is InChI=1S/C16H27N3O/c1-18(10-11-19-8-6-17-7-9-19)13-15-4-3-5-16(12-15)14-20-2/h3-5,12,17H,6-11,13-14H2,1-2H3. The lowest BCUT2D eigenvalue weighted by atomic mass is 10.1. The van der Waals surface area contributed by atoms with E-state index in [0.717, 1.165) is 32.7 Å². The van der Waals surface area contributed by atoms with Crippen molar-refractivity contribution in [3.8, 4) is 0 Å². The molecule has 4 heteroatoms. The molecule has 4 nitrogen and oxygen atoms in total. The molecule has 1 heterocycles. The van der Waals surface area contributed by atoms with E-state index in [1.54, 1.807) is 7.11 Å². The molecule has 0 aliphatic carbocycles. The van der Waals surface area contributed by atoms with Gasteiger partial charge in [0.2, 0.25) is 0 Å². The van der Waals surface area contributed by atoms with Gasteiger partial charge in [0.15, 0.2) is 0 Å². The lowest BCUT2D eigenvalue weighted by Gasteiger charge is -2.29. The Morgan fingerprint density at radius 1 is 1.25 bits per heavy atom. The molecule has 1 N–H and O–H groups in total. The molecule has 20 heavy (non-hydrogen) atoms. The van der Waals surface area contributed by atoms with Gasteiger partial charge in [0, 0.05) is 52.9 Å². The molecule has 0 aromatic heterocycles. The van der Waals surface area contributed by atoms with E-state index in [9.17, 15) is 0 Å². The van der Waals surface area contributed by atoms with Gasteiger partial charge in [-0.15, -0.1) is 0 Å². The highest BCUT2D eigenvalue weighted by Gasteiger charge is 2.10. The minimum atomic E-state index is 0.693. The molecule has 112 valence electrons. The van der Waals surface area contributed by atoms with Crippen LogP contribution in [0.4, 0.5) is 0 Å². The van der Waals surface area contributed by atoms with Gasteiger partial charge in [-0.25, -0.2) is 0 Å². The van der Waals surface area contributed by atoms with Crippen molar-refractivity contribution in [2.45, 2.75) is 13.2 Å². The number of hydrogen-bond donors (Lipinski definition) is 1. The average Bonchev–Trinajstić information content (AvgIpc) is 2.47. The van der Waals surface area contributed by atoms with Gasteiger partial charge in [0.05, 0.1) is 6.61 Å². The molecule has 0 unspecified atom stereocenters. The second kappa shape index (κ2) is 8.37. The summed E-state index contributed by atoms with van der Waals surface area (Å²) in [6, 6.07) is 8.67. The maximum absolute atomic E-state index is 5.19. The van der Waals surface area contributed by atoms with Crippen molar-refractivity contribution in [1.29, 1.82) is 0 Å². The van der Waals surface area contributed by atoms with Crippen molar-refractivity contribution in [2.24, 2.45) is 0 Å². The zero-order valence-electron chi connectivity index (χ0n) is 12.8. The monoisotopic (exact) mass is 277 g/mol. The highest BCUT2D eigenvalue weighted by atomic mass is 16.5. The van der Waals surface area contributed by atoms with E-state index in [0.29, 0.717) is 6.61 Å². The molecule has 0 atom stereocenters. The first-order valence-corrected chi connectivity index (χ1v) is 7.46. The third kappa shape index (κ3) is 5.21. The second-order valence-electron chi connectivity index (χ2n) is 5.58. The van der Waals surface area contributed by atoms with E-state index in [1.807, 2.05) is 0 Å². The Bertz CT molecular complexity index is 391. The Labute approximate surface area is 122 Å². The van der Waals surface area contributed by atoms with Gasteiger partial charge in [0.1, 0.15) is 0 Å². The Balaban J connectivity index is 1.75. The van der Waals surface area contributed by atoms with E-state index in [-0.39, 0.29) is 0 Å². The quantitative estimate of drug-likeness (QED) is 0.810. The number of ether oxygens (including phenoxy) is 1. The van der Waals surface area contributed by atoms with Crippen LogP contribution in [0.1, 0.15) is 11.1 Å². The second-order valence-corrected chi connectivity index (χ2v) is 5.58. The van der Waals surface area contributed by atoms with Crippen LogP contribution in [0.15, 0.2) is 24.3 Å².